The zero-order valence-electron chi connectivity index (χ0n) is 13.0. The predicted octanol–water partition coefficient (Wildman–Crippen LogP) is 3.22. The van der Waals surface area contributed by atoms with Crippen molar-refractivity contribution in [2.24, 2.45) is 11.3 Å². The summed E-state index contributed by atoms with van der Waals surface area (Å²) < 4.78 is 0. The molecule has 0 amide bonds. The van der Waals surface area contributed by atoms with Crippen molar-refractivity contribution < 1.29 is 4.92 Å². The van der Waals surface area contributed by atoms with Gasteiger partial charge in [-0.3, -0.25) is 10.1 Å². The molecule has 6 heteroatoms. The van der Waals surface area contributed by atoms with Crippen LogP contribution in [0.1, 0.15) is 40.0 Å². The zero-order valence-corrected chi connectivity index (χ0v) is 13.0. The molecule has 1 aromatic rings. The van der Waals surface area contributed by atoms with Crippen LogP contribution >= 0.6 is 0 Å². The second-order valence-electron chi connectivity index (χ2n) is 6.82. The van der Waals surface area contributed by atoms with Gasteiger partial charge >= 0.3 is 5.69 Å². The molecule has 0 bridgehead atoms. The van der Waals surface area contributed by atoms with E-state index in [2.05, 4.69) is 25.8 Å². The number of aromatic nitrogens is 1. The SMILES string of the molecule is CC(C)(C)C1CCCN(c2nc(N)ccc2[N+](=O)[O-])CC1. The van der Waals surface area contributed by atoms with Crippen molar-refractivity contribution in [3.63, 3.8) is 0 Å². The third-order valence-electron chi connectivity index (χ3n) is 4.33. The lowest BCUT2D eigenvalue weighted by molar-refractivity contribution is -0.384. The third kappa shape index (κ3) is 3.62. The number of nitro groups is 1. The first-order valence-corrected chi connectivity index (χ1v) is 7.45. The fourth-order valence-corrected chi connectivity index (χ4v) is 3.01. The van der Waals surface area contributed by atoms with Crippen molar-refractivity contribution in [3.8, 4) is 0 Å². The lowest BCUT2D eigenvalue weighted by atomic mass is 9.77. The van der Waals surface area contributed by atoms with Crippen molar-refractivity contribution in [3.05, 3.63) is 22.2 Å². The first-order chi connectivity index (χ1) is 9.79. The second-order valence-corrected chi connectivity index (χ2v) is 6.82. The van der Waals surface area contributed by atoms with E-state index in [1.807, 2.05) is 4.90 Å². The molecule has 0 saturated carbocycles. The summed E-state index contributed by atoms with van der Waals surface area (Å²) in [6, 6.07) is 2.93. The molecular weight excluding hydrogens is 268 g/mol. The highest BCUT2D eigenvalue weighted by Gasteiger charge is 2.29. The van der Waals surface area contributed by atoms with Crippen LogP contribution in [-0.2, 0) is 0 Å². The number of hydrogen-bond acceptors (Lipinski definition) is 5. The number of nitrogens with zero attached hydrogens (tertiary/aromatic N) is 3. The van der Waals surface area contributed by atoms with E-state index in [0.29, 0.717) is 17.6 Å². The largest absolute Gasteiger partial charge is 0.384 e. The van der Waals surface area contributed by atoms with Gasteiger partial charge in [-0.05, 0) is 36.7 Å². The quantitative estimate of drug-likeness (QED) is 0.668. The van der Waals surface area contributed by atoms with Crippen LogP contribution in [0.4, 0.5) is 17.3 Å². The Balaban J connectivity index is 2.23. The standard InChI is InChI=1S/C15H24N4O2/c1-15(2,3)11-5-4-9-18(10-8-11)14-12(19(20)21)6-7-13(16)17-14/h6-7,11H,4-5,8-10H2,1-3H3,(H2,16,17). The molecule has 1 saturated heterocycles. The summed E-state index contributed by atoms with van der Waals surface area (Å²) in [7, 11) is 0. The van der Waals surface area contributed by atoms with E-state index in [9.17, 15) is 10.1 Å². The van der Waals surface area contributed by atoms with Gasteiger partial charge in [-0.1, -0.05) is 20.8 Å². The Kier molecular flexibility index (Phi) is 4.34. The maximum atomic E-state index is 11.2. The molecule has 1 atom stereocenters. The molecule has 2 N–H and O–H groups in total. The fourth-order valence-electron chi connectivity index (χ4n) is 3.01. The number of anilines is 2. The summed E-state index contributed by atoms with van der Waals surface area (Å²) in [5.41, 5.74) is 6.02. The molecule has 2 heterocycles. The zero-order chi connectivity index (χ0) is 15.6. The summed E-state index contributed by atoms with van der Waals surface area (Å²) in [4.78, 5) is 17.0. The molecule has 1 aliphatic heterocycles. The number of rotatable bonds is 2. The van der Waals surface area contributed by atoms with E-state index in [-0.39, 0.29) is 16.0 Å². The number of nitrogens with two attached hydrogens (primary N) is 1. The first-order valence-electron chi connectivity index (χ1n) is 7.45. The summed E-state index contributed by atoms with van der Waals surface area (Å²) in [6.07, 6.45) is 3.20. The van der Waals surface area contributed by atoms with E-state index in [0.717, 1.165) is 32.4 Å². The highest BCUT2D eigenvalue weighted by molar-refractivity contribution is 5.61. The van der Waals surface area contributed by atoms with Crippen LogP contribution in [0, 0.1) is 21.4 Å². The van der Waals surface area contributed by atoms with Gasteiger partial charge < -0.3 is 10.6 Å². The average Bonchev–Trinajstić information content (AvgIpc) is 2.63. The van der Waals surface area contributed by atoms with E-state index in [1.54, 1.807) is 0 Å². The van der Waals surface area contributed by atoms with Gasteiger partial charge in [0.15, 0.2) is 0 Å². The van der Waals surface area contributed by atoms with Gasteiger partial charge in [-0.2, -0.15) is 0 Å². The van der Waals surface area contributed by atoms with Crippen LogP contribution in [0.15, 0.2) is 12.1 Å². The van der Waals surface area contributed by atoms with Crippen LogP contribution in [0.5, 0.6) is 0 Å². The molecule has 1 unspecified atom stereocenters. The lowest BCUT2D eigenvalue weighted by Crippen LogP contribution is -2.27. The third-order valence-corrected chi connectivity index (χ3v) is 4.33. The van der Waals surface area contributed by atoms with Crippen LogP contribution < -0.4 is 10.6 Å². The Labute approximate surface area is 125 Å². The Morgan fingerprint density at radius 3 is 2.67 bits per heavy atom. The Bertz CT molecular complexity index is 525. The van der Waals surface area contributed by atoms with Crippen LogP contribution in [0.2, 0.25) is 0 Å². The van der Waals surface area contributed by atoms with E-state index < -0.39 is 0 Å². The minimum Gasteiger partial charge on any atom is -0.384 e. The molecule has 1 aromatic heterocycles. The van der Waals surface area contributed by atoms with Gasteiger partial charge in [0.2, 0.25) is 5.82 Å². The van der Waals surface area contributed by atoms with Gasteiger partial charge in [0.1, 0.15) is 5.82 Å². The minimum atomic E-state index is -0.381. The topological polar surface area (TPSA) is 85.3 Å². The second kappa shape index (κ2) is 5.87. The predicted molar refractivity (Wildman–Crippen MR) is 84.3 cm³/mol. The smallest absolute Gasteiger partial charge is 0.311 e. The molecule has 116 valence electrons. The fraction of sp³-hybridized carbons (Fsp3) is 0.667. The number of pyridine rings is 1. The highest BCUT2D eigenvalue weighted by atomic mass is 16.6. The molecule has 1 fully saturated rings. The van der Waals surface area contributed by atoms with E-state index >= 15 is 0 Å². The number of nitrogen functional groups attached to an aromatic ring is 1. The molecule has 2 rings (SSSR count). The van der Waals surface area contributed by atoms with Crippen LogP contribution in [0.25, 0.3) is 0 Å². The molecule has 1 aliphatic rings. The lowest BCUT2D eigenvalue weighted by Gasteiger charge is -2.29. The monoisotopic (exact) mass is 292 g/mol. The summed E-state index contributed by atoms with van der Waals surface area (Å²) in [5, 5.41) is 11.2. The molecule has 0 radical (unpaired) electrons. The summed E-state index contributed by atoms with van der Waals surface area (Å²) in [6.45, 7) is 8.36. The van der Waals surface area contributed by atoms with E-state index in [4.69, 9.17) is 5.73 Å². The van der Waals surface area contributed by atoms with Crippen molar-refractivity contribution in [1.82, 2.24) is 4.98 Å². The first kappa shape index (κ1) is 15.5. The normalized spacial score (nSPS) is 20.1. The Hall–Kier alpha value is -1.85. The van der Waals surface area contributed by atoms with Crippen molar-refractivity contribution in [1.29, 1.82) is 0 Å². The van der Waals surface area contributed by atoms with Gasteiger partial charge in [0, 0.05) is 19.2 Å². The van der Waals surface area contributed by atoms with Gasteiger partial charge in [-0.25, -0.2) is 4.98 Å². The molecule has 21 heavy (non-hydrogen) atoms. The van der Waals surface area contributed by atoms with Gasteiger partial charge in [0.25, 0.3) is 0 Å². The van der Waals surface area contributed by atoms with Crippen LogP contribution in [0.3, 0.4) is 0 Å². The highest BCUT2D eigenvalue weighted by Crippen LogP contribution is 2.36. The molecular formula is C15H24N4O2. The van der Waals surface area contributed by atoms with Crippen LogP contribution in [-0.4, -0.2) is 23.0 Å². The Morgan fingerprint density at radius 1 is 1.33 bits per heavy atom. The molecule has 0 aliphatic carbocycles. The Morgan fingerprint density at radius 2 is 2.05 bits per heavy atom. The average molecular weight is 292 g/mol. The number of hydrogen-bond donors (Lipinski definition) is 1. The summed E-state index contributed by atoms with van der Waals surface area (Å²) >= 11 is 0. The molecule has 0 spiro atoms. The molecule has 6 nitrogen and oxygen atoms in total. The summed E-state index contributed by atoms with van der Waals surface area (Å²) in [5.74, 6) is 1.37. The minimum absolute atomic E-state index is 0.0402. The van der Waals surface area contributed by atoms with E-state index in [1.165, 1.54) is 12.1 Å². The van der Waals surface area contributed by atoms with Gasteiger partial charge in [0.05, 0.1) is 4.92 Å². The van der Waals surface area contributed by atoms with Crippen molar-refractivity contribution >= 4 is 17.3 Å². The van der Waals surface area contributed by atoms with Crippen molar-refractivity contribution in [2.45, 2.75) is 40.0 Å². The van der Waals surface area contributed by atoms with Crippen molar-refractivity contribution in [2.75, 3.05) is 23.7 Å². The molecule has 0 aromatic carbocycles. The van der Waals surface area contributed by atoms with Gasteiger partial charge in [-0.15, -0.1) is 0 Å². The maximum Gasteiger partial charge on any atom is 0.311 e. The maximum absolute atomic E-state index is 11.2.